The molecule has 1 rings (SSSR count). The fraction of sp³-hybridized carbons (Fsp3) is 0.917. The lowest BCUT2D eigenvalue weighted by atomic mass is 9.79. The van der Waals surface area contributed by atoms with Gasteiger partial charge in [0.25, 0.3) is 0 Å². The van der Waals surface area contributed by atoms with Gasteiger partial charge in [-0.2, -0.15) is 0 Å². The van der Waals surface area contributed by atoms with Gasteiger partial charge in [0.15, 0.2) is 0 Å². The van der Waals surface area contributed by atoms with Crippen molar-refractivity contribution in [2.24, 2.45) is 11.8 Å². The van der Waals surface area contributed by atoms with Gasteiger partial charge in [-0.05, 0) is 39.7 Å². The maximum Gasteiger partial charge on any atom is 0.306 e. The molecule has 0 aromatic rings. The molecule has 88 valence electrons. The fourth-order valence-electron chi connectivity index (χ4n) is 2.33. The van der Waals surface area contributed by atoms with Crippen molar-refractivity contribution in [3.63, 3.8) is 0 Å². The summed E-state index contributed by atoms with van der Waals surface area (Å²) in [4.78, 5) is 13.4. The van der Waals surface area contributed by atoms with Gasteiger partial charge < -0.3 is 10.0 Å². The molecule has 1 fully saturated rings. The van der Waals surface area contributed by atoms with Crippen molar-refractivity contribution in [3.8, 4) is 0 Å². The molecule has 1 unspecified atom stereocenters. The highest BCUT2D eigenvalue weighted by Crippen LogP contribution is 2.30. The second-order valence-corrected chi connectivity index (χ2v) is 5.02. The van der Waals surface area contributed by atoms with Crippen LogP contribution in [0.5, 0.6) is 0 Å². The van der Waals surface area contributed by atoms with Gasteiger partial charge in [0, 0.05) is 12.6 Å². The number of hydrogen-bond acceptors (Lipinski definition) is 2. The van der Waals surface area contributed by atoms with Crippen LogP contribution in [0.3, 0.4) is 0 Å². The second-order valence-electron chi connectivity index (χ2n) is 5.02. The molecule has 3 nitrogen and oxygen atoms in total. The van der Waals surface area contributed by atoms with Crippen LogP contribution in [0.25, 0.3) is 0 Å². The van der Waals surface area contributed by atoms with Crippen LogP contribution in [0.15, 0.2) is 0 Å². The largest absolute Gasteiger partial charge is 0.481 e. The van der Waals surface area contributed by atoms with Crippen LogP contribution in [0.1, 0.15) is 39.5 Å². The molecule has 1 N–H and O–H groups in total. The third kappa shape index (κ3) is 3.49. The third-order valence-electron chi connectivity index (χ3n) is 3.63. The Balaban J connectivity index is 2.53. The lowest BCUT2D eigenvalue weighted by molar-refractivity contribution is -0.145. The highest BCUT2D eigenvalue weighted by atomic mass is 16.4. The van der Waals surface area contributed by atoms with E-state index in [2.05, 4.69) is 25.8 Å². The monoisotopic (exact) mass is 213 g/mol. The fourth-order valence-corrected chi connectivity index (χ4v) is 2.33. The lowest BCUT2D eigenvalue weighted by Gasteiger charge is -2.33. The van der Waals surface area contributed by atoms with E-state index in [0.717, 1.165) is 25.8 Å². The minimum Gasteiger partial charge on any atom is -0.481 e. The van der Waals surface area contributed by atoms with Gasteiger partial charge in [-0.15, -0.1) is 0 Å². The van der Waals surface area contributed by atoms with E-state index in [1.165, 1.54) is 6.42 Å². The van der Waals surface area contributed by atoms with Gasteiger partial charge in [0.2, 0.25) is 0 Å². The SMILES string of the molecule is CC(C)N(C)CC1CCCC[C@@H]1C(=O)O. The first kappa shape index (κ1) is 12.5. The summed E-state index contributed by atoms with van der Waals surface area (Å²) >= 11 is 0. The predicted octanol–water partition coefficient (Wildman–Crippen LogP) is 2.22. The molecular formula is C12H23NO2. The van der Waals surface area contributed by atoms with Crippen molar-refractivity contribution >= 4 is 5.97 Å². The minimum atomic E-state index is -0.600. The average molecular weight is 213 g/mol. The number of carboxylic acids is 1. The molecule has 1 saturated carbocycles. The first-order chi connectivity index (χ1) is 7.02. The number of aliphatic carboxylic acids is 1. The van der Waals surface area contributed by atoms with Crippen molar-refractivity contribution in [1.82, 2.24) is 4.90 Å². The number of carboxylic acid groups (broad SMARTS) is 1. The van der Waals surface area contributed by atoms with E-state index in [4.69, 9.17) is 5.11 Å². The first-order valence-corrected chi connectivity index (χ1v) is 5.95. The summed E-state index contributed by atoms with van der Waals surface area (Å²) in [6, 6.07) is 0.501. The quantitative estimate of drug-likeness (QED) is 0.778. The average Bonchev–Trinajstić information content (AvgIpc) is 2.18. The van der Waals surface area contributed by atoms with Gasteiger partial charge in [-0.25, -0.2) is 0 Å². The molecule has 1 aliphatic carbocycles. The van der Waals surface area contributed by atoms with Crippen LogP contribution in [-0.2, 0) is 4.79 Å². The molecule has 2 atom stereocenters. The number of hydrogen-bond donors (Lipinski definition) is 1. The van der Waals surface area contributed by atoms with E-state index >= 15 is 0 Å². The molecular weight excluding hydrogens is 190 g/mol. The molecule has 0 aliphatic heterocycles. The minimum absolute atomic E-state index is 0.111. The number of carbonyl (C=O) groups is 1. The highest BCUT2D eigenvalue weighted by molar-refractivity contribution is 5.70. The molecule has 0 spiro atoms. The third-order valence-corrected chi connectivity index (χ3v) is 3.63. The zero-order valence-corrected chi connectivity index (χ0v) is 10.1. The summed E-state index contributed by atoms with van der Waals surface area (Å²) in [5.74, 6) is -0.361. The van der Waals surface area contributed by atoms with Crippen molar-refractivity contribution in [2.75, 3.05) is 13.6 Å². The smallest absolute Gasteiger partial charge is 0.306 e. The normalized spacial score (nSPS) is 27.3. The van der Waals surface area contributed by atoms with E-state index in [1.54, 1.807) is 0 Å². The molecule has 0 saturated heterocycles. The molecule has 0 heterocycles. The van der Waals surface area contributed by atoms with E-state index in [-0.39, 0.29) is 5.92 Å². The first-order valence-electron chi connectivity index (χ1n) is 5.95. The Bertz CT molecular complexity index is 216. The van der Waals surface area contributed by atoms with Gasteiger partial charge >= 0.3 is 5.97 Å². The van der Waals surface area contributed by atoms with Crippen molar-refractivity contribution in [1.29, 1.82) is 0 Å². The predicted molar refractivity (Wildman–Crippen MR) is 60.8 cm³/mol. The maximum absolute atomic E-state index is 11.1. The summed E-state index contributed by atoms with van der Waals surface area (Å²) in [6.07, 6.45) is 4.22. The van der Waals surface area contributed by atoms with E-state index in [1.807, 2.05) is 0 Å². The van der Waals surface area contributed by atoms with E-state index < -0.39 is 5.97 Å². The van der Waals surface area contributed by atoms with E-state index in [0.29, 0.717) is 12.0 Å². The molecule has 15 heavy (non-hydrogen) atoms. The summed E-state index contributed by atoms with van der Waals surface area (Å²) < 4.78 is 0. The summed E-state index contributed by atoms with van der Waals surface area (Å²) in [5.41, 5.74) is 0. The zero-order valence-electron chi connectivity index (χ0n) is 10.1. The summed E-state index contributed by atoms with van der Waals surface area (Å²) in [5, 5.41) is 9.14. The standard InChI is InChI=1S/C12H23NO2/c1-9(2)13(3)8-10-6-4-5-7-11(10)12(14)15/h9-11H,4-8H2,1-3H3,(H,14,15)/t10?,11-/m0/s1. The van der Waals surface area contributed by atoms with Crippen LogP contribution in [0.2, 0.25) is 0 Å². The molecule has 0 radical (unpaired) electrons. The van der Waals surface area contributed by atoms with Crippen molar-refractivity contribution < 1.29 is 9.90 Å². The van der Waals surface area contributed by atoms with Gasteiger partial charge in [-0.1, -0.05) is 12.8 Å². The Kier molecular flexibility index (Phi) is 4.58. The molecule has 0 amide bonds. The van der Waals surface area contributed by atoms with Crippen LogP contribution < -0.4 is 0 Å². The lowest BCUT2D eigenvalue weighted by Crippen LogP contribution is -2.38. The summed E-state index contributed by atoms with van der Waals surface area (Å²) in [7, 11) is 2.08. The van der Waals surface area contributed by atoms with Crippen molar-refractivity contribution in [2.45, 2.75) is 45.6 Å². The van der Waals surface area contributed by atoms with Crippen LogP contribution in [0.4, 0.5) is 0 Å². The second kappa shape index (κ2) is 5.50. The van der Waals surface area contributed by atoms with Crippen LogP contribution >= 0.6 is 0 Å². The Labute approximate surface area is 92.5 Å². The highest BCUT2D eigenvalue weighted by Gasteiger charge is 2.31. The van der Waals surface area contributed by atoms with Crippen LogP contribution in [0, 0.1) is 11.8 Å². The van der Waals surface area contributed by atoms with Gasteiger partial charge in [-0.3, -0.25) is 4.79 Å². The van der Waals surface area contributed by atoms with E-state index in [9.17, 15) is 4.79 Å². The summed E-state index contributed by atoms with van der Waals surface area (Å²) in [6.45, 7) is 5.23. The Morgan fingerprint density at radius 1 is 1.40 bits per heavy atom. The Morgan fingerprint density at radius 2 is 2.00 bits per heavy atom. The van der Waals surface area contributed by atoms with Crippen LogP contribution in [-0.4, -0.2) is 35.6 Å². The number of rotatable bonds is 4. The molecule has 0 aromatic carbocycles. The maximum atomic E-state index is 11.1. The Hall–Kier alpha value is -0.570. The topological polar surface area (TPSA) is 40.5 Å². The Morgan fingerprint density at radius 3 is 2.53 bits per heavy atom. The van der Waals surface area contributed by atoms with Gasteiger partial charge in [0.1, 0.15) is 0 Å². The molecule has 3 heteroatoms. The number of nitrogens with zero attached hydrogens (tertiary/aromatic N) is 1. The van der Waals surface area contributed by atoms with Gasteiger partial charge in [0.05, 0.1) is 5.92 Å². The molecule has 0 aromatic heterocycles. The molecule has 1 aliphatic rings. The molecule has 0 bridgehead atoms. The zero-order chi connectivity index (χ0) is 11.4. The van der Waals surface area contributed by atoms with Crippen molar-refractivity contribution in [3.05, 3.63) is 0 Å².